The lowest BCUT2D eigenvalue weighted by molar-refractivity contribution is 0.601. The Balaban J connectivity index is 2.36. The number of nitrogens with one attached hydrogen (secondary N) is 2. The fourth-order valence-electron chi connectivity index (χ4n) is 1.77. The molecule has 1 heterocycles. The van der Waals surface area contributed by atoms with Crippen molar-refractivity contribution in [2.75, 3.05) is 11.8 Å². The average molecular weight is 454 g/mol. The van der Waals surface area contributed by atoms with Crippen molar-refractivity contribution in [3.63, 3.8) is 0 Å². The predicted octanol–water partition coefficient (Wildman–Crippen LogP) is 4.10. The van der Waals surface area contributed by atoms with E-state index >= 15 is 0 Å². The van der Waals surface area contributed by atoms with E-state index in [4.69, 9.17) is 0 Å². The first kappa shape index (κ1) is 17.0. The monoisotopic (exact) mass is 452 g/mol. The molecule has 21 heavy (non-hydrogen) atoms. The summed E-state index contributed by atoms with van der Waals surface area (Å²) < 4.78 is 29.0. The van der Waals surface area contributed by atoms with Crippen LogP contribution >= 0.6 is 43.2 Å². The molecule has 0 aliphatic rings. The number of aryl methyl sites for hydroxylation is 1. The number of benzene rings is 1. The molecule has 0 unspecified atom stereocenters. The molecule has 1 aromatic carbocycles. The minimum atomic E-state index is -3.62. The fraction of sp³-hybridized carbons (Fsp3) is 0.231. The SMILES string of the molecule is CNCc1cc(S(=O)(=O)Nc2cccc(C)c2Br)c(Br)s1. The third-order valence-electron chi connectivity index (χ3n) is 2.78. The number of anilines is 1. The van der Waals surface area contributed by atoms with Gasteiger partial charge in [-0.25, -0.2) is 8.42 Å². The Morgan fingerprint density at radius 1 is 1.29 bits per heavy atom. The van der Waals surface area contributed by atoms with Crippen LogP contribution in [-0.4, -0.2) is 15.5 Å². The van der Waals surface area contributed by atoms with E-state index in [0.717, 1.165) is 14.9 Å². The molecule has 0 radical (unpaired) electrons. The lowest BCUT2D eigenvalue weighted by Crippen LogP contribution is -2.13. The lowest BCUT2D eigenvalue weighted by Gasteiger charge is -2.10. The highest BCUT2D eigenvalue weighted by molar-refractivity contribution is 9.11. The van der Waals surface area contributed by atoms with Crippen LogP contribution in [0.5, 0.6) is 0 Å². The Morgan fingerprint density at radius 2 is 2.00 bits per heavy atom. The zero-order chi connectivity index (χ0) is 15.6. The van der Waals surface area contributed by atoms with E-state index in [2.05, 4.69) is 41.9 Å². The van der Waals surface area contributed by atoms with Crippen LogP contribution in [0, 0.1) is 6.92 Å². The van der Waals surface area contributed by atoms with Crippen molar-refractivity contribution in [2.24, 2.45) is 0 Å². The topological polar surface area (TPSA) is 58.2 Å². The average Bonchev–Trinajstić information content (AvgIpc) is 2.77. The molecule has 8 heteroatoms. The Bertz CT molecular complexity index is 758. The molecule has 2 aromatic rings. The van der Waals surface area contributed by atoms with Crippen molar-refractivity contribution in [1.29, 1.82) is 0 Å². The third-order valence-corrected chi connectivity index (χ3v) is 7.45. The largest absolute Gasteiger partial charge is 0.315 e. The summed E-state index contributed by atoms with van der Waals surface area (Å²) in [5, 5.41) is 3.01. The van der Waals surface area contributed by atoms with Gasteiger partial charge in [0.05, 0.1) is 9.47 Å². The minimum Gasteiger partial charge on any atom is -0.315 e. The van der Waals surface area contributed by atoms with E-state index in [1.807, 2.05) is 26.1 Å². The Kier molecular flexibility index (Phi) is 5.48. The van der Waals surface area contributed by atoms with Crippen molar-refractivity contribution < 1.29 is 8.42 Å². The van der Waals surface area contributed by atoms with Gasteiger partial charge in [0.25, 0.3) is 10.0 Å². The molecule has 0 aliphatic carbocycles. The molecule has 2 N–H and O–H groups in total. The van der Waals surface area contributed by atoms with Crippen molar-refractivity contribution in [1.82, 2.24) is 5.32 Å². The van der Waals surface area contributed by atoms with E-state index in [9.17, 15) is 8.42 Å². The van der Waals surface area contributed by atoms with E-state index in [1.54, 1.807) is 12.1 Å². The van der Waals surface area contributed by atoms with Crippen LogP contribution in [0.1, 0.15) is 10.4 Å². The highest BCUT2D eigenvalue weighted by atomic mass is 79.9. The number of hydrogen-bond donors (Lipinski definition) is 2. The summed E-state index contributed by atoms with van der Waals surface area (Å²) in [4.78, 5) is 1.21. The molecule has 0 amide bonds. The maximum Gasteiger partial charge on any atom is 0.263 e. The van der Waals surface area contributed by atoms with E-state index in [0.29, 0.717) is 16.0 Å². The summed E-state index contributed by atoms with van der Waals surface area (Å²) in [6.45, 7) is 2.54. The second-order valence-corrected chi connectivity index (χ2v) is 9.32. The van der Waals surface area contributed by atoms with Gasteiger partial charge < -0.3 is 5.32 Å². The zero-order valence-corrected chi connectivity index (χ0v) is 16.2. The smallest absolute Gasteiger partial charge is 0.263 e. The molecule has 0 saturated heterocycles. The van der Waals surface area contributed by atoms with Crippen molar-refractivity contribution in [2.45, 2.75) is 18.4 Å². The molecular weight excluding hydrogens is 440 g/mol. The van der Waals surface area contributed by atoms with Crippen LogP contribution in [-0.2, 0) is 16.6 Å². The maximum absolute atomic E-state index is 12.5. The molecule has 0 saturated carbocycles. The second-order valence-electron chi connectivity index (χ2n) is 4.42. The van der Waals surface area contributed by atoms with E-state index < -0.39 is 10.0 Å². The van der Waals surface area contributed by atoms with Crippen LogP contribution < -0.4 is 10.0 Å². The van der Waals surface area contributed by atoms with Gasteiger partial charge in [0.1, 0.15) is 4.90 Å². The quantitative estimate of drug-likeness (QED) is 0.716. The number of hydrogen-bond acceptors (Lipinski definition) is 4. The number of sulfonamides is 1. The lowest BCUT2D eigenvalue weighted by atomic mass is 10.2. The van der Waals surface area contributed by atoms with Crippen LogP contribution in [0.3, 0.4) is 0 Å². The Morgan fingerprint density at radius 3 is 2.67 bits per heavy atom. The molecule has 0 bridgehead atoms. The van der Waals surface area contributed by atoms with Crippen molar-refractivity contribution in [3.8, 4) is 0 Å². The summed E-state index contributed by atoms with van der Waals surface area (Å²) in [6, 6.07) is 7.13. The van der Waals surface area contributed by atoms with Crippen LogP contribution in [0.2, 0.25) is 0 Å². The molecular formula is C13H14Br2N2O2S2. The summed E-state index contributed by atoms with van der Waals surface area (Å²) in [5.41, 5.74) is 1.50. The van der Waals surface area contributed by atoms with Gasteiger partial charge in [0.15, 0.2) is 0 Å². The molecule has 0 fully saturated rings. The summed E-state index contributed by atoms with van der Waals surface area (Å²) in [7, 11) is -1.80. The van der Waals surface area contributed by atoms with Gasteiger partial charge in [0.2, 0.25) is 0 Å². The van der Waals surface area contributed by atoms with Gasteiger partial charge in [-0.05, 0) is 63.5 Å². The van der Waals surface area contributed by atoms with Crippen LogP contribution in [0.25, 0.3) is 0 Å². The highest BCUT2D eigenvalue weighted by Gasteiger charge is 2.22. The standard InChI is InChI=1S/C13H14Br2N2O2S2/c1-8-4-3-5-10(12(8)14)17-21(18,19)11-6-9(7-16-2)20-13(11)15/h3-6,16-17H,7H2,1-2H3. The number of thiophene rings is 1. The summed E-state index contributed by atoms with van der Waals surface area (Å²) in [5.74, 6) is 0. The van der Waals surface area contributed by atoms with Gasteiger partial charge in [-0.2, -0.15) is 0 Å². The van der Waals surface area contributed by atoms with Crippen molar-refractivity contribution in [3.05, 3.63) is 43.0 Å². The number of rotatable bonds is 5. The fourth-order valence-corrected chi connectivity index (χ4v) is 6.03. The summed E-state index contributed by atoms with van der Waals surface area (Å²) in [6.07, 6.45) is 0. The van der Waals surface area contributed by atoms with Gasteiger partial charge >= 0.3 is 0 Å². The normalized spacial score (nSPS) is 11.6. The van der Waals surface area contributed by atoms with Gasteiger partial charge in [-0.3, -0.25) is 4.72 Å². The van der Waals surface area contributed by atoms with Crippen LogP contribution in [0.4, 0.5) is 5.69 Å². The maximum atomic E-state index is 12.5. The Labute approximate surface area is 145 Å². The summed E-state index contributed by atoms with van der Waals surface area (Å²) >= 11 is 8.14. The zero-order valence-electron chi connectivity index (χ0n) is 11.4. The second kappa shape index (κ2) is 6.78. The van der Waals surface area contributed by atoms with Crippen LogP contribution in [0.15, 0.2) is 37.4 Å². The Hall–Kier alpha value is -0.410. The molecule has 2 rings (SSSR count). The minimum absolute atomic E-state index is 0.256. The highest BCUT2D eigenvalue weighted by Crippen LogP contribution is 2.34. The van der Waals surface area contributed by atoms with E-state index in [1.165, 1.54) is 11.3 Å². The molecule has 0 spiro atoms. The number of halogens is 2. The van der Waals surface area contributed by atoms with Gasteiger partial charge in [-0.1, -0.05) is 12.1 Å². The molecule has 4 nitrogen and oxygen atoms in total. The predicted molar refractivity (Wildman–Crippen MR) is 94.5 cm³/mol. The molecule has 1 aromatic heterocycles. The molecule has 0 aliphatic heterocycles. The first-order valence-corrected chi connectivity index (χ1v) is 9.94. The van der Waals surface area contributed by atoms with E-state index in [-0.39, 0.29) is 4.90 Å². The van der Waals surface area contributed by atoms with Gasteiger partial charge in [-0.15, -0.1) is 11.3 Å². The van der Waals surface area contributed by atoms with Crippen molar-refractivity contribution >= 4 is 58.9 Å². The first-order chi connectivity index (χ1) is 9.85. The third kappa shape index (κ3) is 3.87. The molecule has 114 valence electrons. The van der Waals surface area contributed by atoms with Gasteiger partial charge in [0, 0.05) is 15.9 Å². The molecule has 0 atom stereocenters. The first-order valence-electron chi connectivity index (χ1n) is 6.06.